The Labute approximate surface area is 310 Å². The second kappa shape index (κ2) is 11.2. The number of ketones is 1. The van der Waals surface area contributed by atoms with Crippen molar-refractivity contribution in [3.05, 3.63) is 148 Å². The van der Waals surface area contributed by atoms with Gasteiger partial charge < -0.3 is 18.9 Å². The van der Waals surface area contributed by atoms with Crippen molar-refractivity contribution in [1.82, 2.24) is 0 Å². The third-order valence-corrected chi connectivity index (χ3v) is 11.6. The number of rotatable bonds is 5. The number of hydrogen-bond donors (Lipinski definition) is 0. The summed E-state index contributed by atoms with van der Waals surface area (Å²) in [4.78, 5) is 47.5. The van der Waals surface area contributed by atoms with Gasteiger partial charge in [-0.15, -0.1) is 0 Å². The van der Waals surface area contributed by atoms with Crippen LogP contribution in [0.4, 0.5) is 18.9 Å². The van der Waals surface area contributed by atoms with Crippen molar-refractivity contribution >= 4 is 46.0 Å². The average Bonchev–Trinajstić information content (AvgIpc) is 3.98. The maximum absolute atomic E-state index is 16.2. The summed E-state index contributed by atoms with van der Waals surface area (Å²) in [5.74, 6) is -3.10. The van der Waals surface area contributed by atoms with Gasteiger partial charge in [0.05, 0.1) is 38.9 Å². The molecule has 2 bridgehead atoms. The molecule has 3 aliphatic heterocycles. The van der Waals surface area contributed by atoms with Crippen molar-refractivity contribution in [2.75, 3.05) is 18.5 Å². The molecule has 8 nitrogen and oxygen atoms in total. The van der Waals surface area contributed by atoms with E-state index >= 15 is 14.4 Å². The normalized spacial score (nSPS) is 24.9. The van der Waals surface area contributed by atoms with Gasteiger partial charge in [-0.3, -0.25) is 14.4 Å². The SMILES string of the molecule is O=C1[C@@H]2[C@H](C(=O)N1c1cc(C(F)(F)F)ccc1Cl)[C@]1(c3ccccc3)C(=O)[C@@]2(c2ccccc2)C(c2ccc3c(c2)OCO3)=C1c1ccc2c(c1)OCO2. The van der Waals surface area contributed by atoms with E-state index in [1.165, 1.54) is 0 Å². The number of carbonyl (C=O) groups is 3. The van der Waals surface area contributed by atoms with E-state index in [9.17, 15) is 13.2 Å². The number of carbonyl (C=O) groups excluding carboxylic acids is 3. The third-order valence-electron chi connectivity index (χ3n) is 11.3. The highest BCUT2D eigenvalue weighted by Crippen LogP contribution is 2.75. The number of allylic oxidation sites excluding steroid dienone is 2. The largest absolute Gasteiger partial charge is 0.454 e. The highest BCUT2D eigenvalue weighted by atomic mass is 35.5. The molecule has 54 heavy (non-hydrogen) atoms. The minimum absolute atomic E-state index is 0.0199. The standard InChI is InChI=1S/C42H25ClF3NO7/c43-27-14-13-26(42(44,45)46)19-28(27)47-37(48)35-36(38(47)49)41(25-9-5-2-6-10-25)34(23-12-16-30-32(18-23)54-21-52-30)33(22-11-15-29-31(17-22)53-20-51-29)40(35,39(41)50)24-7-3-1-4-8-24/h1-19,35-36H,20-21H2/t35-,36+,40-,41+. The van der Waals surface area contributed by atoms with Crippen LogP contribution >= 0.6 is 11.6 Å². The molecule has 0 N–H and O–H groups in total. The minimum Gasteiger partial charge on any atom is -0.454 e. The maximum Gasteiger partial charge on any atom is 0.416 e. The monoisotopic (exact) mass is 747 g/mol. The lowest BCUT2D eigenvalue weighted by atomic mass is 9.59. The first-order valence-corrected chi connectivity index (χ1v) is 17.4. The molecule has 0 spiro atoms. The summed E-state index contributed by atoms with van der Waals surface area (Å²) in [5, 5.41) is -0.231. The number of alkyl halides is 3. The Balaban J connectivity index is 1.35. The van der Waals surface area contributed by atoms with E-state index in [4.69, 9.17) is 30.5 Å². The van der Waals surface area contributed by atoms with Crippen LogP contribution in [0.3, 0.4) is 0 Å². The summed E-state index contributed by atoms with van der Waals surface area (Å²) in [7, 11) is 0. The van der Waals surface area contributed by atoms with Gasteiger partial charge in [0.2, 0.25) is 25.4 Å². The van der Waals surface area contributed by atoms with Gasteiger partial charge in [0.1, 0.15) is 0 Å². The van der Waals surface area contributed by atoms with Gasteiger partial charge in [-0.25, -0.2) is 4.90 Å². The number of Topliss-reactive ketones (excluding diaryl/α,β-unsaturated/α-hetero) is 1. The lowest BCUT2D eigenvalue weighted by molar-refractivity contribution is -0.137. The number of amides is 2. The Morgan fingerprint density at radius 1 is 0.593 bits per heavy atom. The summed E-state index contributed by atoms with van der Waals surface area (Å²) >= 11 is 6.55. The predicted octanol–water partition coefficient (Wildman–Crippen LogP) is 8.01. The van der Waals surface area contributed by atoms with E-state index in [0.29, 0.717) is 62.5 Å². The zero-order valence-electron chi connectivity index (χ0n) is 27.9. The van der Waals surface area contributed by atoms with Gasteiger partial charge in [0, 0.05) is 0 Å². The Morgan fingerprint density at radius 2 is 1.06 bits per heavy atom. The van der Waals surface area contributed by atoms with Crippen molar-refractivity contribution in [2.45, 2.75) is 17.0 Å². The summed E-state index contributed by atoms with van der Waals surface area (Å²) in [5.41, 5.74) is -2.37. The fourth-order valence-corrected chi connectivity index (χ4v) is 9.53. The van der Waals surface area contributed by atoms with Gasteiger partial charge in [-0.1, -0.05) is 84.4 Å². The molecule has 5 aliphatic rings. The maximum atomic E-state index is 16.2. The molecule has 5 aromatic carbocycles. The molecule has 0 unspecified atom stereocenters. The first-order chi connectivity index (χ1) is 26.1. The number of nitrogens with zero attached hydrogens (tertiary/aromatic N) is 1. The van der Waals surface area contributed by atoms with Gasteiger partial charge in [-0.05, 0) is 75.9 Å². The Bertz CT molecular complexity index is 2370. The highest BCUT2D eigenvalue weighted by Gasteiger charge is 2.83. The Kier molecular flexibility index (Phi) is 6.77. The van der Waals surface area contributed by atoms with E-state index in [-0.39, 0.29) is 18.6 Å². The summed E-state index contributed by atoms with van der Waals surface area (Å²) < 4.78 is 65.2. The van der Waals surface area contributed by atoms with Crippen molar-refractivity contribution < 1.29 is 46.5 Å². The Morgan fingerprint density at radius 3 is 1.52 bits per heavy atom. The molecule has 3 heterocycles. The first kappa shape index (κ1) is 32.6. The average molecular weight is 748 g/mol. The lowest BCUT2D eigenvalue weighted by Crippen LogP contribution is -2.45. The molecule has 2 fully saturated rings. The number of imide groups is 1. The molecule has 0 aromatic heterocycles. The Hall–Kier alpha value is -6.07. The van der Waals surface area contributed by atoms with E-state index in [1.807, 2.05) is 0 Å². The number of ether oxygens (including phenoxy) is 4. The van der Waals surface area contributed by atoms with Crippen LogP contribution in [-0.2, 0) is 31.4 Å². The molecule has 1 saturated heterocycles. The second-order valence-electron chi connectivity index (χ2n) is 13.7. The van der Waals surface area contributed by atoms with Gasteiger partial charge >= 0.3 is 6.18 Å². The van der Waals surface area contributed by atoms with Gasteiger partial charge in [0.25, 0.3) is 0 Å². The number of halogens is 4. The zero-order valence-corrected chi connectivity index (χ0v) is 28.6. The van der Waals surface area contributed by atoms with Crippen molar-refractivity contribution in [3.63, 3.8) is 0 Å². The molecule has 2 amide bonds. The predicted molar refractivity (Wildman–Crippen MR) is 189 cm³/mol. The van der Waals surface area contributed by atoms with Crippen LogP contribution in [-0.4, -0.2) is 31.2 Å². The summed E-state index contributed by atoms with van der Waals surface area (Å²) in [6.45, 7) is -0.0398. The molecule has 4 atom stereocenters. The summed E-state index contributed by atoms with van der Waals surface area (Å²) in [6, 6.07) is 30.5. The lowest BCUT2D eigenvalue weighted by Gasteiger charge is -2.39. The van der Waals surface area contributed by atoms with Crippen LogP contribution < -0.4 is 23.8 Å². The number of anilines is 1. The minimum atomic E-state index is -4.80. The van der Waals surface area contributed by atoms with Crippen molar-refractivity contribution in [3.8, 4) is 23.0 Å². The van der Waals surface area contributed by atoms with Crippen molar-refractivity contribution in [1.29, 1.82) is 0 Å². The molecule has 1 saturated carbocycles. The van der Waals surface area contributed by atoms with Crippen LogP contribution in [0.2, 0.25) is 5.02 Å². The molecule has 10 rings (SSSR count). The topological polar surface area (TPSA) is 91.4 Å². The van der Waals surface area contributed by atoms with Crippen LogP contribution in [0.5, 0.6) is 23.0 Å². The smallest absolute Gasteiger partial charge is 0.416 e. The first-order valence-electron chi connectivity index (χ1n) is 17.0. The van der Waals surface area contributed by atoms with Crippen LogP contribution in [0.25, 0.3) is 11.1 Å². The fourth-order valence-electron chi connectivity index (χ4n) is 9.33. The molecular formula is C42H25ClF3NO7. The summed E-state index contributed by atoms with van der Waals surface area (Å²) in [6.07, 6.45) is -4.80. The molecule has 0 radical (unpaired) electrons. The van der Waals surface area contributed by atoms with E-state index in [0.717, 1.165) is 17.0 Å². The number of fused-ring (bicyclic) bond motifs is 7. The fraction of sp³-hybridized carbons (Fsp3) is 0.167. The molecule has 2 aliphatic carbocycles. The highest BCUT2D eigenvalue weighted by molar-refractivity contribution is 6.41. The van der Waals surface area contributed by atoms with E-state index in [2.05, 4.69) is 0 Å². The van der Waals surface area contributed by atoms with Crippen LogP contribution in [0.1, 0.15) is 27.8 Å². The van der Waals surface area contributed by atoms with Crippen LogP contribution in [0, 0.1) is 11.8 Å². The molecule has 12 heteroatoms. The second-order valence-corrected chi connectivity index (χ2v) is 14.1. The molecule has 5 aromatic rings. The molecular weight excluding hydrogens is 723 g/mol. The third kappa shape index (κ3) is 4.07. The van der Waals surface area contributed by atoms with Gasteiger partial charge in [0.15, 0.2) is 28.8 Å². The van der Waals surface area contributed by atoms with Gasteiger partial charge in [-0.2, -0.15) is 13.2 Å². The zero-order chi connectivity index (χ0) is 37.1. The van der Waals surface area contributed by atoms with E-state index < -0.39 is 57.7 Å². The quantitative estimate of drug-likeness (QED) is 0.168. The number of hydrogen-bond acceptors (Lipinski definition) is 7. The van der Waals surface area contributed by atoms with Crippen molar-refractivity contribution in [2.24, 2.45) is 11.8 Å². The molecule has 268 valence electrons. The van der Waals surface area contributed by atoms with Crippen LogP contribution in [0.15, 0.2) is 115 Å². The van der Waals surface area contributed by atoms with E-state index in [1.54, 1.807) is 97.1 Å². The number of benzene rings is 5.